The lowest BCUT2D eigenvalue weighted by Gasteiger charge is -2.29. The minimum Gasteiger partial charge on any atom is -0.496 e. The molecule has 1 N–H and O–H groups in total. The van der Waals surface area contributed by atoms with Gasteiger partial charge in [-0.3, -0.25) is 14.5 Å². The number of para-hydroxylation sites is 1. The first-order valence-electron chi connectivity index (χ1n) is 12.0. The van der Waals surface area contributed by atoms with Gasteiger partial charge in [-0.15, -0.1) is 0 Å². The van der Waals surface area contributed by atoms with Crippen molar-refractivity contribution in [1.82, 2.24) is 10.2 Å². The van der Waals surface area contributed by atoms with Crippen LogP contribution < -0.4 is 24.4 Å². The van der Waals surface area contributed by atoms with Crippen LogP contribution in [0.1, 0.15) is 30.9 Å². The van der Waals surface area contributed by atoms with Crippen molar-refractivity contribution >= 4 is 17.5 Å². The number of ether oxygens (including phenoxy) is 3. The van der Waals surface area contributed by atoms with Crippen molar-refractivity contribution in [3.8, 4) is 17.2 Å². The molecule has 2 saturated heterocycles. The number of nitrogens with zero attached hydrogens (tertiary/aromatic N) is 2. The maximum absolute atomic E-state index is 13.1. The number of hydrogen-bond acceptors (Lipinski definition) is 6. The zero-order valence-corrected chi connectivity index (χ0v) is 19.5. The van der Waals surface area contributed by atoms with E-state index in [0.29, 0.717) is 37.8 Å². The van der Waals surface area contributed by atoms with Gasteiger partial charge in [0.2, 0.25) is 11.8 Å². The number of carbonyl (C=O) groups excluding carboxylic acids is 2. The average molecular weight is 466 g/mol. The number of likely N-dealkylation sites (tertiary alicyclic amines) is 1. The maximum Gasteiger partial charge on any atom is 0.227 e. The number of nitrogens with one attached hydrogen (secondary N) is 1. The van der Waals surface area contributed by atoms with Crippen molar-refractivity contribution in [2.45, 2.75) is 25.3 Å². The van der Waals surface area contributed by atoms with E-state index < -0.39 is 5.92 Å². The van der Waals surface area contributed by atoms with Crippen LogP contribution in [0.2, 0.25) is 0 Å². The summed E-state index contributed by atoms with van der Waals surface area (Å²) in [4.78, 5) is 29.9. The molecule has 8 heteroatoms. The summed E-state index contributed by atoms with van der Waals surface area (Å²) in [6.45, 7) is 3.84. The number of fused-ring (bicyclic) bond motifs is 1. The number of rotatable bonds is 7. The molecular weight excluding hydrogens is 434 g/mol. The summed E-state index contributed by atoms with van der Waals surface area (Å²) >= 11 is 0. The highest BCUT2D eigenvalue weighted by Gasteiger charge is 2.36. The van der Waals surface area contributed by atoms with Crippen LogP contribution >= 0.6 is 0 Å². The monoisotopic (exact) mass is 465 g/mol. The molecule has 0 unspecified atom stereocenters. The van der Waals surface area contributed by atoms with Crippen LogP contribution in [0.3, 0.4) is 0 Å². The molecule has 5 rings (SSSR count). The molecule has 0 bridgehead atoms. The fraction of sp³-hybridized carbons (Fsp3) is 0.462. The number of methoxy groups -OCH3 is 1. The summed E-state index contributed by atoms with van der Waals surface area (Å²) in [5, 5.41) is 3.13. The SMILES string of the molecule is COc1ccccc1[C@@H](CNC(=O)[C@H]1CC(=O)N(c2ccc3c(c2)OCCO3)C1)N1CCCC1. The van der Waals surface area contributed by atoms with Gasteiger partial charge < -0.3 is 24.4 Å². The van der Waals surface area contributed by atoms with Crippen molar-refractivity contribution in [3.05, 3.63) is 48.0 Å². The van der Waals surface area contributed by atoms with Crippen LogP contribution in [-0.4, -0.2) is 63.2 Å². The van der Waals surface area contributed by atoms with Crippen molar-refractivity contribution in [1.29, 1.82) is 0 Å². The molecule has 0 radical (unpaired) electrons. The van der Waals surface area contributed by atoms with E-state index in [1.54, 1.807) is 12.0 Å². The first-order chi connectivity index (χ1) is 16.6. The predicted octanol–water partition coefficient (Wildman–Crippen LogP) is 2.77. The molecule has 34 heavy (non-hydrogen) atoms. The fourth-order valence-electron chi connectivity index (χ4n) is 5.11. The van der Waals surface area contributed by atoms with Crippen molar-refractivity contribution in [3.63, 3.8) is 0 Å². The molecule has 8 nitrogen and oxygen atoms in total. The van der Waals surface area contributed by atoms with Gasteiger partial charge in [-0.2, -0.15) is 0 Å². The van der Waals surface area contributed by atoms with E-state index in [2.05, 4.69) is 16.3 Å². The molecule has 0 aromatic heterocycles. The van der Waals surface area contributed by atoms with Gasteiger partial charge in [-0.1, -0.05) is 18.2 Å². The second-order valence-electron chi connectivity index (χ2n) is 8.98. The number of benzene rings is 2. The third-order valence-electron chi connectivity index (χ3n) is 6.88. The molecule has 2 amide bonds. The predicted molar refractivity (Wildman–Crippen MR) is 127 cm³/mol. The number of carbonyl (C=O) groups is 2. The summed E-state index contributed by atoms with van der Waals surface area (Å²) in [5.41, 5.74) is 1.81. The van der Waals surface area contributed by atoms with Crippen molar-refractivity contribution in [2.75, 3.05) is 51.4 Å². The molecule has 0 saturated carbocycles. The lowest BCUT2D eigenvalue weighted by Crippen LogP contribution is -2.40. The molecule has 2 aromatic rings. The van der Waals surface area contributed by atoms with E-state index in [4.69, 9.17) is 14.2 Å². The lowest BCUT2D eigenvalue weighted by molar-refractivity contribution is -0.126. The molecule has 2 aromatic carbocycles. The Morgan fingerprint density at radius 1 is 1.12 bits per heavy atom. The quantitative estimate of drug-likeness (QED) is 0.678. The average Bonchev–Trinajstić information content (AvgIpc) is 3.54. The van der Waals surface area contributed by atoms with E-state index in [1.807, 2.05) is 36.4 Å². The zero-order valence-electron chi connectivity index (χ0n) is 19.5. The van der Waals surface area contributed by atoms with E-state index >= 15 is 0 Å². The second-order valence-corrected chi connectivity index (χ2v) is 8.98. The van der Waals surface area contributed by atoms with Crippen LogP contribution in [0, 0.1) is 5.92 Å². The molecule has 2 fully saturated rings. The summed E-state index contributed by atoms with van der Waals surface area (Å²) in [6.07, 6.45) is 2.51. The Morgan fingerprint density at radius 2 is 1.88 bits per heavy atom. The Morgan fingerprint density at radius 3 is 2.68 bits per heavy atom. The highest BCUT2D eigenvalue weighted by atomic mass is 16.6. The Kier molecular flexibility index (Phi) is 6.58. The Labute approximate surface area is 199 Å². The van der Waals surface area contributed by atoms with Crippen LogP contribution in [-0.2, 0) is 9.59 Å². The molecule has 2 atom stereocenters. The Bertz CT molecular complexity index is 1050. The van der Waals surface area contributed by atoms with E-state index in [1.165, 1.54) is 0 Å². The fourth-order valence-corrected chi connectivity index (χ4v) is 5.11. The van der Waals surface area contributed by atoms with Gasteiger partial charge in [0, 0.05) is 36.8 Å². The van der Waals surface area contributed by atoms with Gasteiger partial charge in [0.05, 0.1) is 19.1 Å². The van der Waals surface area contributed by atoms with Crippen molar-refractivity contribution in [2.24, 2.45) is 5.92 Å². The van der Waals surface area contributed by atoms with Gasteiger partial charge in [-0.25, -0.2) is 0 Å². The molecule has 3 aliphatic rings. The highest BCUT2D eigenvalue weighted by Crippen LogP contribution is 2.36. The third-order valence-corrected chi connectivity index (χ3v) is 6.88. The molecule has 180 valence electrons. The van der Waals surface area contributed by atoms with E-state index in [9.17, 15) is 9.59 Å². The normalized spacial score (nSPS) is 20.9. The van der Waals surface area contributed by atoms with Gasteiger partial charge in [0.15, 0.2) is 11.5 Å². The largest absolute Gasteiger partial charge is 0.496 e. The minimum atomic E-state index is -0.391. The van der Waals surface area contributed by atoms with Crippen LogP contribution in [0.15, 0.2) is 42.5 Å². The zero-order chi connectivity index (χ0) is 23.5. The minimum absolute atomic E-state index is 0.0357. The molecule has 0 aliphatic carbocycles. The van der Waals surface area contributed by atoms with Crippen LogP contribution in [0.5, 0.6) is 17.2 Å². The number of hydrogen-bond donors (Lipinski definition) is 1. The number of anilines is 1. The van der Waals surface area contributed by atoms with E-state index in [-0.39, 0.29) is 24.3 Å². The van der Waals surface area contributed by atoms with Crippen LogP contribution in [0.25, 0.3) is 0 Å². The first kappa shape index (κ1) is 22.5. The smallest absolute Gasteiger partial charge is 0.227 e. The summed E-state index contributed by atoms with van der Waals surface area (Å²) < 4.78 is 16.8. The van der Waals surface area contributed by atoms with Gasteiger partial charge >= 0.3 is 0 Å². The van der Waals surface area contributed by atoms with Crippen molar-refractivity contribution < 1.29 is 23.8 Å². The lowest BCUT2D eigenvalue weighted by atomic mass is 10.0. The Balaban J connectivity index is 1.26. The standard InChI is InChI=1S/C26H31N3O5/c1-32-22-7-3-2-6-20(22)21(28-10-4-5-11-28)16-27-26(31)18-14-25(30)29(17-18)19-8-9-23-24(15-19)34-13-12-33-23/h2-3,6-9,15,18,21H,4-5,10-14,16-17H2,1H3,(H,27,31)/t18-,21+/m0/s1. The Hall–Kier alpha value is -3.26. The number of amides is 2. The topological polar surface area (TPSA) is 80.3 Å². The van der Waals surface area contributed by atoms with Gasteiger partial charge in [-0.05, 0) is 44.1 Å². The van der Waals surface area contributed by atoms with Gasteiger partial charge in [0.1, 0.15) is 19.0 Å². The molecule has 3 aliphatic heterocycles. The third kappa shape index (κ3) is 4.55. The maximum atomic E-state index is 13.1. The summed E-state index contributed by atoms with van der Waals surface area (Å²) in [7, 11) is 1.68. The molecular formula is C26H31N3O5. The molecule has 3 heterocycles. The summed E-state index contributed by atoms with van der Waals surface area (Å²) in [6, 6.07) is 13.5. The highest BCUT2D eigenvalue weighted by molar-refractivity contribution is 6.00. The first-order valence-corrected chi connectivity index (χ1v) is 12.0. The van der Waals surface area contributed by atoms with Crippen LogP contribution in [0.4, 0.5) is 5.69 Å². The second kappa shape index (κ2) is 9.93. The van der Waals surface area contributed by atoms with Gasteiger partial charge in [0.25, 0.3) is 0 Å². The summed E-state index contributed by atoms with van der Waals surface area (Å²) in [5.74, 6) is 1.60. The van der Waals surface area contributed by atoms with E-state index in [0.717, 1.165) is 42.9 Å². The molecule has 0 spiro atoms.